The summed E-state index contributed by atoms with van der Waals surface area (Å²) in [4.78, 5) is 11.2. The SMILES string of the molecule is O=C(O)c1cccc(Br)c1OCC1CCC2(CCCC2)O1. The maximum Gasteiger partial charge on any atom is 0.339 e. The summed E-state index contributed by atoms with van der Waals surface area (Å²) in [6.07, 6.45) is 6.96. The van der Waals surface area contributed by atoms with Gasteiger partial charge in [0.25, 0.3) is 0 Å². The molecule has 1 N–H and O–H groups in total. The molecule has 3 rings (SSSR count). The van der Waals surface area contributed by atoms with Crippen molar-refractivity contribution >= 4 is 21.9 Å². The second-order valence-corrected chi connectivity index (χ2v) is 6.76. The lowest BCUT2D eigenvalue weighted by molar-refractivity contribution is -0.0510. The highest BCUT2D eigenvalue weighted by atomic mass is 79.9. The molecule has 5 heteroatoms. The van der Waals surface area contributed by atoms with Crippen molar-refractivity contribution in [3.05, 3.63) is 28.2 Å². The predicted molar refractivity (Wildman–Crippen MR) is 81.9 cm³/mol. The van der Waals surface area contributed by atoms with Gasteiger partial charge >= 0.3 is 5.97 Å². The van der Waals surface area contributed by atoms with Crippen LogP contribution in [0.5, 0.6) is 5.75 Å². The first-order valence-electron chi connectivity index (χ1n) is 7.42. The summed E-state index contributed by atoms with van der Waals surface area (Å²) in [7, 11) is 0. The van der Waals surface area contributed by atoms with E-state index in [2.05, 4.69) is 15.9 Å². The summed E-state index contributed by atoms with van der Waals surface area (Å²) in [6.45, 7) is 0.407. The lowest BCUT2D eigenvalue weighted by atomic mass is 9.98. The standard InChI is InChI=1S/C16H19BrO4/c17-13-5-3-4-12(15(18)19)14(13)20-10-11-6-9-16(21-11)7-1-2-8-16/h3-5,11H,1-2,6-10H2,(H,18,19). The third-order valence-corrected chi connectivity index (χ3v) is 5.09. The van der Waals surface area contributed by atoms with Gasteiger partial charge in [0.05, 0.1) is 16.2 Å². The van der Waals surface area contributed by atoms with Crippen molar-refractivity contribution in [1.82, 2.24) is 0 Å². The maximum absolute atomic E-state index is 11.2. The molecule has 2 fully saturated rings. The van der Waals surface area contributed by atoms with Crippen LogP contribution < -0.4 is 4.74 Å². The van der Waals surface area contributed by atoms with Gasteiger partial charge in [-0.3, -0.25) is 0 Å². The Kier molecular flexibility index (Phi) is 4.22. The van der Waals surface area contributed by atoms with Gasteiger partial charge in [-0.2, -0.15) is 0 Å². The van der Waals surface area contributed by atoms with Gasteiger partial charge in [-0.1, -0.05) is 18.9 Å². The number of carboxylic acids is 1. The highest BCUT2D eigenvalue weighted by molar-refractivity contribution is 9.10. The van der Waals surface area contributed by atoms with Gasteiger partial charge in [0, 0.05) is 0 Å². The number of carbonyl (C=O) groups is 1. The van der Waals surface area contributed by atoms with Crippen molar-refractivity contribution < 1.29 is 19.4 Å². The second kappa shape index (κ2) is 5.97. The zero-order chi connectivity index (χ0) is 14.9. The quantitative estimate of drug-likeness (QED) is 0.887. The summed E-state index contributed by atoms with van der Waals surface area (Å²) in [6, 6.07) is 5.03. The van der Waals surface area contributed by atoms with E-state index >= 15 is 0 Å². The van der Waals surface area contributed by atoms with Crippen molar-refractivity contribution in [2.45, 2.75) is 50.2 Å². The van der Waals surface area contributed by atoms with Gasteiger partial charge in [-0.05, 0) is 53.7 Å². The van der Waals surface area contributed by atoms with Crippen LogP contribution in [0.25, 0.3) is 0 Å². The van der Waals surface area contributed by atoms with Crippen molar-refractivity contribution in [2.24, 2.45) is 0 Å². The van der Waals surface area contributed by atoms with Crippen LogP contribution in [0, 0.1) is 0 Å². The Bertz CT molecular complexity index is 537. The summed E-state index contributed by atoms with van der Waals surface area (Å²) in [5, 5.41) is 9.22. The lowest BCUT2D eigenvalue weighted by Gasteiger charge is -2.24. The molecule has 0 bridgehead atoms. The number of hydrogen-bond donors (Lipinski definition) is 1. The molecule has 1 saturated heterocycles. The number of ether oxygens (including phenoxy) is 2. The molecule has 2 aliphatic rings. The largest absolute Gasteiger partial charge is 0.489 e. The highest BCUT2D eigenvalue weighted by Gasteiger charge is 2.42. The van der Waals surface area contributed by atoms with E-state index in [0.717, 1.165) is 25.7 Å². The van der Waals surface area contributed by atoms with Crippen LogP contribution in [0.3, 0.4) is 0 Å². The fourth-order valence-electron chi connectivity index (χ4n) is 3.40. The monoisotopic (exact) mass is 354 g/mol. The summed E-state index contributed by atoms with van der Waals surface area (Å²) in [5.74, 6) is -0.591. The predicted octanol–water partition coefficient (Wildman–Crippen LogP) is 4.02. The van der Waals surface area contributed by atoms with Crippen LogP contribution in [-0.2, 0) is 4.74 Å². The molecule has 1 atom stereocenters. The summed E-state index contributed by atoms with van der Waals surface area (Å²) in [5.41, 5.74) is 0.260. The molecule has 1 aromatic rings. The third-order valence-electron chi connectivity index (χ3n) is 4.46. The van der Waals surface area contributed by atoms with Crippen LogP contribution >= 0.6 is 15.9 Å². The first kappa shape index (κ1) is 14.9. The number of benzene rings is 1. The molecule has 4 nitrogen and oxygen atoms in total. The minimum absolute atomic E-state index is 0.0665. The van der Waals surface area contributed by atoms with E-state index in [-0.39, 0.29) is 17.3 Å². The molecule has 1 spiro atoms. The molecule has 1 saturated carbocycles. The van der Waals surface area contributed by atoms with Crippen molar-refractivity contribution in [3.63, 3.8) is 0 Å². The molecule has 0 aromatic heterocycles. The highest BCUT2D eigenvalue weighted by Crippen LogP contribution is 2.43. The molecule has 1 unspecified atom stereocenters. The van der Waals surface area contributed by atoms with E-state index in [1.807, 2.05) is 0 Å². The molecule has 114 valence electrons. The Morgan fingerprint density at radius 2 is 2.14 bits per heavy atom. The van der Waals surface area contributed by atoms with Gasteiger partial charge in [0.2, 0.25) is 0 Å². The lowest BCUT2D eigenvalue weighted by Crippen LogP contribution is -2.27. The molecule has 1 aliphatic heterocycles. The second-order valence-electron chi connectivity index (χ2n) is 5.90. The van der Waals surface area contributed by atoms with Crippen molar-refractivity contribution in [1.29, 1.82) is 0 Å². The van der Waals surface area contributed by atoms with Crippen LogP contribution in [0.1, 0.15) is 48.9 Å². The van der Waals surface area contributed by atoms with Crippen molar-refractivity contribution in [2.75, 3.05) is 6.61 Å². The van der Waals surface area contributed by atoms with Gasteiger partial charge < -0.3 is 14.6 Å². The summed E-state index contributed by atoms with van der Waals surface area (Å²) < 4.78 is 12.6. The van der Waals surface area contributed by atoms with Crippen LogP contribution in [0.4, 0.5) is 0 Å². The fourth-order valence-corrected chi connectivity index (χ4v) is 3.88. The molecule has 1 aromatic carbocycles. The minimum atomic E-state index is -0.981. The van der Waals surface area contributed by atoms with Gasteiger partial charge in [-0.15, -0.1) is 0 Å². The Hall–Kier alpha value is -1.07. The zero-order valence-electron chi connectivity index (χ0n) is 11.8. The minimum Gasteiger partial charge on any atom is -0.489 e. The average Bonchev–Trinajstić information content (AvgIpc) is 3.08. The van der Waals surface area contributed by atoms with Gasteiger partial charge in [0.1, 0.15) is 17.9 Å². The number of rotatable bonds is 4. The number of halogens is 1. The topological polar surface area (TPSA) is 55.8 Å². The molecular weight excluding hydrogens is 336 g/mol. The smallest absolute Gasteiger partial charge is 0.339 e. The van der Waals surface area contributed by atoms with E-state index in [1.54, 1.807) is 18.2 Å². The zero-order valence-corrected chi connectivity index (χ0v) is 13.4. The Morgan fingerprint density at radius 1 is 1.38 bits per heavy atom. The number of para-hydroxylation sites is 1. The normalized spacial score (nSPS) is 23.6. The Morgan fingerprint density at radius 3 is 2.86 bits per heavy atom. The van der Waals surface area contributed by atoms with Crippen LogP contribution in [0.15, 0.2) is 22.7 Å². The number of hydrogen-bond acceptors (Lipinski definition) is 3. The molecule has 0 radical (unpaired) electrons. The Labute approximate surface area is 132 Å². The number of carboxylic acid groups (broad SMARTS) is 1. The van der Waals surface area contributed by atoms with Gasteiger partial charge in [0.15, 0.2) is 0 Å². The van der Waals surface area contributed by atoms with E-state index in [9.17, 15) is 9.90 Å². The maximum atomic E-state index is 11.2. The number of aromatic carboxylic acids is 1. The molecule has 1 aliphatic carbocycles. The van der Waals surface area contributed by atoms with Gasteiger partial charge in [-0.25, -0.2) is 4.79 Å². The van der Waals surface area contributed by atoms with E-state index < -0.39 is 5.97 Å². The summed E-state index contributed by atoms with van der Waals surface area (Å²) >= 11 is 3.36. The average molecular weight is 355 g/mol. The van der Waals surface area contributed by atoms with Crippen molar-refractivity contribution in [3.8, 4) is 5.75 Å². The molecule has 0 amide bonds. The van der Waals surface area contributed by atoms with Crippen LogP contribution in [-0.4, -0.2) is 29.4 Å². The Balaban J connectivity index is 1.65. The first-order valence-corrected chi connectivity index (χ1v) is 8.21. The molecule has 1 heterocycles. The van der Waals surface area contributed by atoms with E-state index in [0.29, 0.717) is 16.8 Å². The van der Waals surface area contributed by atoms with E-state index in [1.165, 1.54) is 12.8 Å². The molecular formula is C16H19BrO4. The first-order chi connectivity index (χ1) is 10.1. The molecule has 21 heavy (non-hydrogen) atoms. The third kappa shape index (κ3) is 3.09. The van der Waals surface area contributed by atoms with E-state index in [4.69, 9.17) is 9.47 Å². The van der Waals surface area contributed by atoms with Crippen LogP contribution in [0.2, 0.25) is 0 Å². The fraction of sp³-hybridized carbons (Fsp3) is 0.562.